The molecule has 0 radical (unpaired) electrons. The highest BCUT2D eigenvalue weighted by atomic mass is 16.3. The van der Waals surface area contributed by atoms with Gasteiger partial charge in [-0.25, -0.2) is 0 Å². The molecular formula is C30H40O2. The topological polar surface area (TPSA) is 40.5 Å². The van der Waals surface area contributed by atoms with Crippen molar-refractivity contribution in [1.29, 1.82) is 0 Å². The lowest BCUT2D eigenvalue weighted by Gasteiger charge is -2.32. The molecule has 3 saturated carbocycles. The number of rotatable bonds is 4. The first kappa shape index (κ1) is 21.9. The highest BCUT2D eigenvalue weighted by molar-refractivity contribution is 5.49. The maximum Gasteiger partial charge on any atom is 0.122 e. The Morgan fingerprint density at radius 1 is 0.469 bits per heavy atom. The lowest BCUT2D eigenvalue weighted by Crippen LogP contribution is -2.15. The molecule has 3 fully saturated rings. The zero-order valence-corrected chi connectivity index (χ0v) is 19.6. The van der Waals surface area contributed by atoms with Gasteiger partial charge < -0.3 is 10.2 Å². The van der Waals surface area contributed by atoms with Crippen LogP contribution in [-0.4, -0.2) is 10.2 Å². The predicted octanol–water partition coefficient (Wildman–Crippen LogP) is 8.63. The zero-order valence-electron chi connectivity index (χ0n) is 19.6. The molecule has 2 N–H and O–H groups in total. The van der Waals surface area contributed by atoms with Gasteiger partial charge >= 0.3 is 0 Å². The van der Waals surface area contributed by atoms with Gasteiger partial charge in [0.05, 0.1) is 0 Å². The van der Waals surface area contributed by atoms with Gasteiger partial charge in [-0.2, -0.15) is 0 Å². The normalized spacial score (nSPS) is 25.6. The zero-order chi connectivity index (χ0) is 21.9. The summed E-state index contributed by atoms with van der Waals surface area (Å²) in [6.07, 6.45) is 17.8. The van der Waals surface area contributed by atoms with Crippen LogP contribution in [0.15, 0.2) is 36.4 Å². The number of hydrogen-bond donors (Lipinski definition) is 2. The molecule has 5 rings (SSSR count). The van der Waals surface area contributed by atoms with Crippen LogP contribution < -0.4 is 0 Å². The summed E-state index contributed by atoms with van der Waals surface area (Å²) in [5.74, 6) is 3.36. The Balaban J connectivity index is 1.39. The van der Waals surface area contributed by atoms with Crippen LogP contribution in [0.5, 0.6) is 11.5 Å². The molecule has 0 atom stereocenters. The quantitative estimate of drug-likeness (QED) is 0.507. The summed E-state index contributed by atoms with van der Waals surface area (Å²) in [6.45, 7) is 0. The third-order valence-corrected chi connectivity index (χ3v) is 8.84. The summed E-state index contributed by atoms with van der Waals surface area (Å²) in [5, 5.41) is 21.0. The summed E-state index contributed by atoms with van der Waals surface area (Å²) >= 11 is 0. The monoisotopic (exact) mass is 432 g/mol. The Bertz CT molecular complexity index is 841. The molecule has 0 spiro atoms. The van der Waals surface area contributed by atoms with E-state index in [0.29, 0.717) is 35.2 Å². The molecule has 2 nitrogen and oxygen atoms in total. The highest BCUT2D eigenvalue weighted by Gasteiger charge is 2.29. The lowest BCUT2D eigenvalue weighted by atomic mass is 9.73. The standard InChI is InChI=1S/C30H40O2/c31-27-17-15-22(16-18-27)21-11-13-23(14-12-21)26-19-28(24-7-3-1-4-8-24)30(32)29(20-26)25-9-5-2-6-10-25/h15-21,23-25,31-32H,1-14H2. The van der Waals surface area contributed by atoms with Crippen molar-refractivity contribution in [2.75, 3.05) is 0 Å². The fraction of sp³-hybridized carbons (Fsp3) is 0.600. The summed E-state index contributed by atoms with van der Waals surface area (Å²) < 4.78 is 0. The van der Waals surface area contributed by atoms with Crippen LogP contribution in [-0.2, 0) is 0 Å². The average Bonchev–Trinajstić information content (AvgIpc) is 2.86. The van der Waals surface area contributed by atoms with Crippen LogP contribution in [0, 0.1) is 0 Å². The Hall–Kier alpha value is -1.96. The number of aromatic hydroxyl groups is 2. The van der Waals surface area contributed by atoms with E-state index >= 15 is 0 Å². The van der Waals surface area contributed by atoms with E-state index in [4.69, 9.17) is 0 Å². The molecule has 0 saturated heterocycles. The average molecular weight is 433 g/mol. The molecule has 3 aliphatic rings. The summed E-state index contributed by atoms with van der Waals surface area (Å²) in [7, 11) is 0. The van der Waals surface area contributed by atoms with Crippen molar-refractivity contribution in [2.24, 2.45) is 0 Å². The number of benzene rings is 2. The molecule has 3 aliphatic carbocycles. The number of phenols is 2. The van der Waals surface area contributed by atoms with E-state index in [1.807, 2.05) is 12.1 Å². The van der Waals surface area contributed by atoms with E-state index in [-0.39, 0.29) is 0 Å². The summed E-state index contributed by atoms with van der Waals surface area (Å²) in [4.78, 5) is 0. The van der Waals surface area contributed by atoms with Gasteiger partial charge in [-0.15, -0.1) is 0 Å². The van der Waals surface area contributed by atoms with Gasteiger partial charge in [-0.1, -0.05) is 62.8 Å². The molecule has 172 valence electrons. The first-order valence-corrected chi connectivity index (χ1v) is 13.3. The van der Waals surface area contributed by atoms with E-state index in [9.17, 15) is 10.2 Å². The third kappa shape index (κ3) is 4.70. The van der Waals surface area contributed by atoms with Gasteiger partial charge in [-0.05, 0) is 109 Å². The summed E-state index contributed by atoms with van der Waals surface area (Å²) in [6, 6.07) is 12.7. The van der Waals surface area contributed by atoms with Crippen molar-refractivity contribution in [3.8, 4) is 11.5 Å². The number of hydrogen-bond acceptors (Lipinski definition) is 2. The highest BCUT2D eigenvalue weighted by Crippen LogP contribution is 2.48. The van der Waals surface area contributed by atoms with Gasteiger partial charge in [0.2, 0.25) is 0 Å². The van der Waals surface area contributed by atoms with Crippen LogP contribution in [0.1, 0.15) is 136 Å². The van der Waals surface area contributed by atoms with Crippen molar-refractivity contribution in [3.05, 3.63) is 58.7 Å². The SMILES string of the molecule is Oc1ccc(C2CCC(c3cc(C4CCCCC4)c(O)c(C4CCCCC4)c3)CC2)cc1. The predicted molar refractivity (Wildman–Crippen MR) is 132 cm³/mol. The van der Waals surface area contributed by atoms with Crippen LogP contribution in [0.2, 0.25) is 0 Å². The molecule has 0 heterocycles. The molecule has 0 aromatic heterocycles. The Kier molecular flexibility index (Phi) is 6.76. The molecule has 0 bridgehead atoms. The maximum atomic E-state index is 11.4. The molecule has 2 aromatic rings. The Labute approximate surface area is 194 Å². The molecule has 2 aromatic carbocycles. The number of phenolic OH excluding ortho intramolecular Hbond substituents is 2. The molecule has 0 amide bonds. The molecule has 32 heavy (non-hydrogen) atoms. The lowest BCUT2D eigenvalue weighted by molar-refractivity contribution is 0.382. The second-order valence-corrected chi connectivity index (χ2v) is 10.9. The molecule has 0 unspecified atom stereocenters. The van der Waals surface area contributed by atoms with E-state index in [2.05, 4.69) is 24.3 Å². The van der Waals surface area contributed by atoms with E-state index in [1.54, 1.807) is 0 Å². The van der Waals surface area contributed by atoms with Gasteiger partial charge in [0.25, 0.3) is 0 Å². The minimum atomic E-state index is 0.358. The fourth-order valence-corrected chi connectivity index (χ4v) is 6.90. The van der Waals surface area contributed by atoms with E-state index in [0.717, 1.165) is 0 Å². The summed E-state index contributed by atoms with van der Waals surface area (Å²) in [5.41, 5.74) is 5.44. The van der Waals surface area contributed by atoms with Crippen LogP contribution in [0.3, 0.4) is 0 Å². The third-order valence-electron chi connectivity index (χ3n) is 8.84. The van der Waals surface area contributed by atoms with Crippen molar-refractivity contribution in [1.82, 2.24) is 0 Å². The van der Waals surface area contributed by atoms with Gasteiger partial charge in [0, 0.05) is 0 Å². The van der Waals surface area contributed by atoms with Crippen molar-refractivity contribution in [2.45, 2.75) is 114 Å². The Morgan fingerprint density at radius 2 is 0.906 bits per heavy atom. The van der Waals surface area contributed by atoms with Crippen molar-refractivity contribution in [3.63, 3.8) is 0 Å². The fourth-order valence-electron chi connectivity index (χ4n) is 6.90. The minimum Gasteiger partial charge on any atom is -0.508 e. The Morgan fingerprint density at radius 3 is 1.38 bits per heavy atom. The maximum absolute atomic E-state index is 11.4. The van der Waals surface area contributed by atoms with Crippen molar-refractivity contribution >= 4 is 0 Å². The van der Waals surface area contributed by atoms with E-state index in [1.165, 1.54) is 112 Å². The largest absolute Gasteiger partial charge is 0.508 e. The van der Waals surface area contributed by atoms with Gasteiger partial charge in [0.15, 0.2) is 0 Å². The second kappa shape index (κ2) is 9.89. The molecular weight excluding hydrogens is 392 g/mol. The molecule has 0 aliphatic heterocycles. The van der Waals surface area contributed by atoms with Gasteiger partial charge in [-0.3, -0.25) is 0 Å². The van der Waals surface area contributed by atoms with Crippen LogP contribution in [0.25, 0.3) is 0 Å². The first-order chi connectivity index (χ1) is 15.7. The second-order valence-electron chi connectivity index (χ2n) is 10.9. The van der Waals surface area contributed by atoms with Crippen LogP contribution in [0.4, 0.5) is 0 Å². The van der Waals surface area contributed by atoms with E-state index < -0.39 is 0 Å². The van der Waals surface area contributed by atoms with Gasteiger partial charge in [0.1, 0.15) is 11.5 Å². The molecule has 2 heteroatoms. The minimum absolute atomic E-state index is 0.358. The van der Waals surface area contributed by atoms with Crippen LogP contribution >= 0.6 is 0 Å². The first-order valence-electron chi connectivity index (χ1n) is 13.3. The smallest absolute Gasteiger partial charge is 0.122 e. The van der Waals surface area contributed by atoms with Crippen molar-refractivity contribution < 1.29 is 10.2 Å².